The first kappa shape index (κ1) is 21.6. The summed E-state index contributed by atoms with van der Waals surface area (Å²) in [4.78, 5) is 32.8. The van der Waals surface area contributed by atoms with Gasteiger partial charge in [0.25, 0.3) is 5.56 Å². The van der Waals surface area contributed by atoms with Gasteiger partial charge >= 0.3 is 5.69 Å². The van der Waals surface area contributed by atoms with Gasteiger partial charge < -0.3 is 4.57 Å². The summed E-state index contributed by atoms with van der Waals surface area (Å²) in [6.45, 7) is 8.07. The average Bonchev–Trinajstić information content (AvgIpc) is 3.09. The molecule has 4 rings (SSSR count). The number of fused-ring (bicyclic) bond motifs is 1. The van der Waals surface area contributed by atoms with Crippen LogP contribution in [-0.2, 0) is 33.6 Å². The van der Waals surface area contributed by atoms with E-state index in [0.717, 1.165) is 31.8 Å². The third-order valence-corrected chi connectivity index (χ3v) is 6.43. The number of imidazole rings is 1. The molecule has 0 N–H and O–H groups in total. The van der Waals surface area contributed by atoms with E-state index in [1.165, 1.54) is 21.1 Å². The van der Waals surface area contributed by atoms with Gasteiger partial charge in [0.1, 0.15) is 5.82 Å². The van der Waals surface area contributed by atoms with Crippen molar-refractivity contribution in [3.05, 3.63) is 62.6 Å². The van der Waals surface area contributed by atoms with Crippen LogP contribution in [0, 0.1) is 11.8 Å². The van der Waals surface area contributed by atoms with Crippen molar-refractivity contribution in [1.82, 2.24) is 23.6 Å². The highest BCUT2D eigenvalue weighted by Crippen LogP contribution is 2.23. The smallest absolute Gasteiger partial charge is 0.321 e. The number of hydrogen-bond acceptors (Lipinski definition) is 4. The summed E-state index contributed by atoms with van der Waals surface area (Å²) in [5.41, 5.74) is 1.70. The molecule has 1 aromatic carbocycles. The number of aromatic nitrogens is 4. The number of benzene rings is 1. The molecule has 166 valence electrons. The summed E-state index contributed by atoms with van der Waals surface area (Å²) in [6.07, 6.45) is 3.09. The van der Waals surface area contributed by atoms with Gasteiger partial charge in [-0.05, 0) is 36.7 Å². The third-order valence-electron chi connectivity index (χ3n) is 6.43. The molecule has 0 amide bonds. The van der Waals surface area contributed by atoms with Gasteiger partial charge in [-0.1, -0.05) is 44.2 Å². The lowest BCUT2D eigenvalue weighted by atomic mass is 9.92. The Balaban J connectivity index is 1.70. The number of hydrogen-bond donors (Lipinski definition) is 0. The predicted octanol–water partition coefficient (Wildman–Crippen LogP) is 2.54. The van der Waals surface area contributed by atoms with Gasteiger partial charge in [0, 0.05) is 33.7 Å². The van der Waals surface area contributed by atoms with E-state index in [1.54, 1.807) is 14.1 Å². The SMILES string of the molecule is C[C@H]1C[C@H](C)CN(Cc2nc3c(c(=O)n(C)c(=O)n3C)n2CCCc2ccccc2)C1. The maximum absolute atomic E-state index is 13.0. The van der Waals surface area contributed by atoms with E-state index in [9.17, 15) is 9.59 Å². The molecule has 3 heterocycles. The predicted molar refractivity (Wildman–Crippen MR) is 123 cm³/mol. The van der Waals surface area contributed by atoms with Gasteiger partial charge in [-0.15, -0.1) is 0 Å². The Labute approximate surface area is 182 Å². The molecule has 1 aliphatic rings. The Hall–Kier alpha value is -2.67. The fourth-order valence-corrected chi connectivity index (χ4v) is 5.06. The van der Waals surface area contributed by atoms with Crippen molar-refractivity contribution in [1.29, 1.82) is 0 Å². The number of nitrogens with zero attached hydrogens (tertiary/aromatic N) is 5. The Kier molecular flexibility index (Phi) is 6.14. The van der Waals surface area contributed by atoms with Crippen LogP contribution in [0.15, 0.2) is 39.9 Å². The van der Waals surface area contributed by atoms with Crippen molar-refractivity contribution < 1.29 is 0 Å². The lowest BCUT2D eigenvalue weighted by Crippen LogP contribution is -2.39. The van der Waals surface area contributed by atoms with Gasteiger partial charge in [-0.25, -0.2) is 9.78 Å². The van der Waals surface area contributed by atoms with Crippen LogP contribution in [0.3, 0.4) is 0 Å². The Morgan fingerprint density at radius 1 is 1.00 bits per heavy atom. The maximum Gasteiger partial charge on any atom is 0.332 e. The number of rotatable bonds is 6. The largest absolute Gasteiger partial charge is 0.332 e. The summed E-state index contributed by atoms with van der Waals surface area (Å²) in [7, 11) is 3.24. The average molecular weight is 424 g/mol. The van der Waals surface area contributed by atoms with E-state index >= 15 is 0 Å². The van der Waals surface area contributed by atoms with Crippen LogP contribution in [0.2, 0.25) is 0 Å². The first-order valence-corrected chi connectivity index (χ1v) is 11.3. The van der Waals surface area contributed by atoms with Gasteiger partial charge in [0.15, 0.2) is 11.2 Å². The van der Waals surface area contributed by atoms with E-state index in [-0.39, 0.29) is 11.2 Å². The number of likely N-dealkylation sites (tertiary alicyclic amines) is 1. The topological polar surface area (TPSA) is 65.1 Å². The molecule has 0 unspecified atom stereocenters. The zero-order valence-corrected chi connectivity index (χ0v) is 19.0. The standard InChI is InChI=1S/C24H33N5O2/c1-17-13-18(2)15-28(14-17)16-20-25-22-21(23(30)27(4)24(31)26(22)3)29(20)12-8-11-19-9-6-5-7-10-19/h5-7,9-10,17-18H,8,11-16H2,1-4H3/t17-,18-/m0/s1. The van der Waals surface area contributed by atoms with Crippen LogP contribution in [0.25, 0.3) is 11.2 Å². The molecule has 1 aliphatic heterocycles. The van der Waals surface area contributed by atoms with E-state index in [1.807, 2.05) is 6.07 Å². The lowest BCUT2D eigenvalue weighted by Gasteiger charge is -2.34. The molecule has 0 bridgehead atoms. The molecule has 1 saturated heterocycles. The summed E-state index contributed by atoms with van der Waals surface area (Å²) in [6, 6.07) is 10.4. The van der Waals surface area contributed by atoms with Gasteiger partial charge in [0.2, 0.25) is 0 Å². The quantitative estimate of drug-likeness (QED) is 0.611. The molecular weight excluding hydrogens is 390 g/mol. The third kappa shape index (κ3) is 4.37. The van der Waals surface area contributed by atoms with Gasteiger partial charge in [0.05, 0.1) is 6.54 Å². The first-order valence-electron chi connectivity index (χ1n) is 11.3. The second-order valence-electron chi connectivity index (χ2n) is 9.29. The summed E-state index contributed by atoms with van der Waals surface area (Å²) >= 11 is 0. The van der Waals surface area contributed by atoms with Crippen molar-refractivity contribution in [3.63, 3.8) is 0 Å². The van der Waals surface area contributed by atoms with Gasteiger partial charge in [-0.3, -0.25) is 18.8 Å². The van der Waals surface area contributed by atoms with Crippen LogP contribution in [0.4, 0.5) is 0 Å². The molecule has 0 aliphatic carbocycles. The summed E-state index contributed by atoms with van der Waals surface area (Å²) < 4.78 is 4.74. The van der Waals surface area contributed by atoms with Crippen molar-refractivity contribution in [2.45, 2.75) is 46.2 Å². The van der Waals surface area contributed by atoms with E-state index in [0.29, 0.717) is 36.1 Å². The van der Waals surface area contributed by atoms with Crippen LogP contribution < -0.4 is 11.2 Å². The highest BCUT2D eigenvalue weighted by Gasteiger charge is 2.25. The molecule has 3 aromatic rings. The fraction of sp³-hybridized carbons (Fsp3) is 0.542. The summed E-state index contributed by atoms with van der Waals surface area (Å²) in [5, 5.41) is 0. The zero-order valence-electron chi connectivity index (χ0n) is 19.0. The molecule has 31 heavy (non-hydrogen) atoms. The molecule has 0 radical (unpaired) electrons. The lowest BCUT2D eigenvalue weighted by molar-refractivity contribution is 0.130. The van der Waals surface area contributed by atoms with Crippen molar-refractivity contribution >= 4 is 11.2 Å². The highest BCUT2D eigenvalue weighted by atomic mass is 16.2. The Morgan fingerprint density at radius 2 is 1.68 bits per heavy atom. The van der Waals surface area contributed by atoms with Crippen LogP contribution in [0.1, 0.15) is 38.1 Å². The second-order valence-corrected chi connectivity index (χ2v) is 9.29. The number of piperidine rings is 1. The molecule has 0 saturated carbocycles. The summed E-state index contributed by atoms with van der Waals surface area (Å²) in [5.74, 6) is 2.18. The van der Waals surface area contributed by atoms with E-state index < -0.39 is 0 Å². The molecule has 1 fully saturated rings. The fourth-order valence-electron chi connectivity index (χ4n) is 5.06. The van der Waals surface area contributed by atoms with Crippen molar-refractivity contribution in [3.8, 4) is 0 Å². The van der Waals surface area contributed by atoms with E-state index in [4.69, 9.17) is 4.98 Å². The van der Waals surface area contributed by atoms with Crippen LogP contribution in [0.5, 0.6) is 0 Å². The minimum Gasteiger partial charge on any atom is -0.321 e. The second kappa shape index (κ2) is 8.83. The minimum absolute atomic E-state index is 0.267. The van der Waals surface area contributed by atoms with Gasteiger partial charge in [-0.2, -0.15) is 0 Å². The first-order chi connectivity index (χ1) is 14.8. The van der Waals surface area contributed by atoms with E-state index in [2.05, 4.69) is 47.6 Å². The molecule has 2 aromatic heterocycles. The Bertz CT molecular complexity index is 1160. The van der Waals surface area contributed by atoms with Crippen molar-refractivity contribution in [2.24, 2.45) is 25.9 Å². The molecule has 7 heteroatoms. The zero-order chi connectivity index (χ0) is 22.1. The number of aryl methyl sites for hydroxylation is 3. The van der Waals surface area contributed by atoms with Crippen LogP contribution in [-0.4, -0.2) is 36.7 Å². The molecular formula is C24H33N5O2. The molecule has 7 nitrogen and oxygen atoms in total. The van der Waals surface area contributed by atoms with Crippen LogP contribution >= 0.6 is 0 Å². The molecule has 0 spiro atoms. The molecule has 2 atom stereocenters. The highest BCUT2D eigenvalue weighted by molar-refractivity contribution is 5.71. The Morgan fingerprint density at radius 3 is 2.35 bits per heavy atom. The monoisotopic (exact) mass is 423 g/mol. The normalized spacial score (nSPS) is 19.9. The maximum atomic E-state index is 13.0. The minimum atomic E-state index is -0.335. The van der Waals surface area contributed by atoms with Crippen molar-refractivity contribution in [2.75, 3.05) is 13.1 Å².